The van der Waals surface area contributed by atoms with Crippen molar-refractivity contribution in [2.75, 3.05) is 0 Å². The van der Waals surface area contributed by atoms with Gasteiger partial charge in [0.05, 0.1) is 10.0 Å². The number of halogens is 2. The Morgan fingerprint density at radius 1 is 1.12 bits per heavy atom. The van der Waals surface area contributed by atoms with Crippen LogP contribution in [0.1, 0.15) is 49.0 Å². The van der Waals surface area contributed by atoms with Crippen LogP contribution in [0.5, 0.6) is 0 Å². The molecule has 4 aliphatic rings. The fraction of sp³-hybridized carbons (Fsp3) is 0.500. The van der Waals surface area contributed by atoms with Crippen molar-refractivity contribution in [1.82, 2.24) is 10.3 Å². The molecule has 4 aliphatic carbocycles. The zero-order chi connectivity index (χ0) is 17.9. The van der Waals surface area contributed by atoms with E-state index in [9.17, 15) is 4.79 Å². The first kappa shape index (κ1) is 17.0. The van der Waals surface area contributed by atoms with Gasteiger partial charge >= 0.3 is 0 Å². The number of nitrogens with zero attached hydrogens (tertiary/aromatic N) is 1. The molecule has 6 heteroatoms. The normalized spacial score (nSPS) is 32.0. The molecule has 4 fully saturated rings. The molecule has 26 heavy (non-hydrogen) atoms. The van der Waals surface area contributed by atoms with Gasteiger partial charge in [0.2, 0.25) is 0 Å². The number of hydrogen-bond donors (Lipinski definition) is 1. The lowest BCUT2D eigenvalue weighted by Crippen LogP contribution is -2.59. The molecule has 0 atom stereocenters. The number of carbonyl (C=O) groups is 1. The summed E-state index contributed by atoms with van der Waals surface area (Å²) in [5.74, 6) is 2.36. The van der Waals surface area contributed by atoms with Crippen molar-refractivity contribution >= 4 is 40.4 Å². The molecule has 6 rings (SSSR count). The highest BCUT2D eigenvalue weighted by atomic mass is 35.5. The van der Waals surface area contributed by atoms with Crippen LogP contribution in [-0.2, 0) is 0 Å². The highest BCUT2D eigenvalue weighted by molar-refractivity contribution is 7.13. The molecule has 1 heterocycles. The van der Waals surface area contributed by atoms with Crippen molar-refractivity contribution in [1.29, 1.82) is 0 Å². The number of hydrogen-bond acceptors (Lipinski definition) is 3. The number of carbonyl (C=O) groups excluding carboxylic acids is 1. The molecule has 1 N–H and O–H groups in total. The Labute approximate surface area is 167 Å². The molecule has 0 spiro atoms. The number of rotatable bonds is 3. The summed E-state index contributed by atoms with van der Waals surface area (Å²) in [6.45, 7) is 0. The Hall–Kier alpha value is -1.10. The van der Waals surface area contributed by atoms with Gasteiger partial charge in [-0.15, -0.1) is 11.3 Å². The maximum atomic E-state index is 12.9. The fourth-order valence-electron chi connectivity index (χ4n) is 5.74. The first-order chi connectivity index (χ1) is 12.5. The monoisotopic (exact) mass is 406 g/mol. The molecule has 0 radical (unpaired) electrons. The van der Waals surface area contributed by atoms with Gasteiger partial charge < -0.3 is 5.32 Å². The minimum Gasteiger partial charge on any atom is -0.345 e. The second-order valence-corrected chi connectivity index (χ2v) is 9.93. The van der Waals surface area contributed by atoms with Gasteiger partial charge in [-0.05, 0) is 62.3 Å². The second kappa shape index (κ2) is 6.22. The van der Waals surface area contributed by atoms with Crippen LogP contribution in [0.15, 0.2) is 23.6 Å². The molecule has 0 saturated heterocycles. The molecule has 1 amide bonds. The molecule has 3 nitrogen and oxygen atoms in total. The fourth-order valence-corrected chi connectivity index (χ4v) is 7.02. The quantitative estimate of drug-likeness (QED) is 0.697. The van der Waals surface area contributed by atoms with Crippen molar-refractivity contribution in [2.45, 2.75) is 44.1 Å². The van der Waals surface area contributed by atoms with Gasteiger partial charge in [0.15, 0.2) is 0 Å². The first-order valence-electron chi connectivity index (χ1n) is 9.24. The average Bonchev–Trinajstić information content (AvgIpc) is 3.05. The molecular weight excluding hydrogens is 387 g/mol. The van der Waals surface area contributed by atoms with E-state index in [0.29, 0.717) is 15.7 Å². The summed E-state index contributed by atoms with van der Waals surface area (Å²) in [6, 6.07) is 5.48. The van der Waals surface area contributed by atoms with Gasteiger partial charge in [-0.2, -0.15) is 0 Å². The van der Waals surface area contributed by atoms with E-state index in [1.54, 1.807) is 6.07 Å². The molecule has 4 bridgehead atoms. The molecule has 136 valence electrons. The van der Waals surface area contributed by atoms with Crippen LogP contribution in [-0.4, -0.2) is 16.4 Å². The summed E-state index contributed by atoms with van der Waals surface area (Å²) in [5.41, 5.74) is 1.26. The third-order valence-corrected chi connectivity index (χ3v) is 8.03. The van der Waals surface area contributed by atoms with Crippen LogP contribution in [0, 0.1) is 17.8 Å². The van der Waals surface area contributed by atoms with E-state index >= 15 is 0 Å². The Morgan fingerprint density at radius 2 is 1.77 bits per heavy atom. The summed E-state index contributed by atoms with van der Waals surface area (Å²) >= 11 is 13.8. The van der Waals surface area contributed by atoms with Crippen molar-refractivity contribution in [3.8, 4) is 10.6 Å². The van der Waals surface area contributed by atoms with E-state index < -0.39 is 0 Å². The minimum atomic E-state index is -0.0485. The van der Waals surface area contributed by atoms with Crippen LogP contribution in [0.2, 0.25) is 10.0 Å². The molecular formula is C20H20Cl2N2OS. The van der Waals surface area contributed by atoms with E-state index in [4.69, 9.17) is 23.2 Å². The Balaban J connectivity index is 1.37. The maximum absolute atomic E-state index is 12.9. The predicted octanol–water partition coefficient (Wildman–Crippen LogP) is 5.82. The summed E-state index contributed by atoms with van der Waals surface area (Å²) in [4.78, 5) is 17.4. The van der Waals surface area contributed by atoms with Gasteiger partial charge in [0.1, 0.15) is 10.7 Å². The minimum absolute atomic E-state index is 0.00329. The summed E-state index contributed by atoms with van der Waals surface area (Å²) in [5, 5.41) is 6.91. The lowest BCUT2D eigenvalue weighted by molar-refractivity contribution is -0.0167. The predicted molar refractivity (Wildman–Crippen MR) is 106 cm³/mol. The van der Waals surface area contributed by atoms with E-state index in [1.807, 2.05) is 17.5 Å². The van der Waals surface area contributed by atoms with E-state index in [1.165, 1.54) is 30.6 Å². The number of amides is 1. The van der Waals surface area contributed by atoms with Gasteiger partial charge in [0.25, 0.3) is 5.91 Å². The average molecular weight is 407 g/mol. The molecule has 1 aromatic heterocycles. The van der Waals surface area contributed by atoms with Gasteiger partial charge in [0, 0.05) is 16.5 Å². The van der Waals surface area contributed by atoms with Crippen LogP contribution >= 0.6 is 34.5 Å². The largest absolute Gasteiger partial charge is 0.345 e. The summed E-state index contributed by atoms with van der Waals surface area (Å²) in [6.07, 6.45) is 7.52. The van der Waals surface area contributed by atoms with E-state index in [0.717, 1.165) is 47.6 Å². The third-order valence-electron chi connectivity index (χ3n) is 6.34. The smallest absolute Gasteiger partial charge is 0.271 e. The lowest BCUT2D eigenvalue weighted by Gasteiger charge is -2.56. The van der Waals surface area contributed by atoms with Crippen molar-refractivity contribution in [3.63, 3.8) is 0 Å². The molecule has 4 saturated carbocycles. The molecule has 2 aromatic rings. The topological polar surface area (TPSA) is 42.0 Å². The van der Waals surface area contributed by atoms with Crippen LogP contribution < -0.4 is 5.32 Å². The van der Waals surface area contributed by atoms with Crippen molar-refractivity contribution in [3.05, 3.63) is 39.3 Å². The standard InChI is InChI=1S/C20H20Cl2N2OS/c21-15-3-1-2-14(17(15)22)19-23-16(10-26-19)18(25)24-20-7-11-4-12(8-20)6-13(5-11)9-20/h1-3,10-13H,4-9H2,(H,24,25). The highest BCUT2D eigenvalue weighted by Gasteiger charge is 2.51. The molecule has 1 aromatic carbocycles. The number of thiazole rings is 1. The Morgan fingerprint density at radius 3 is 2.42 bits per heavy atom. The van der Waals surface area contributed by atoms with Crippen LogP contribution in [0.3, 0.4) is 0 Å². The van der Waals surface area contributed by atoms with Gasteiger partial charge in [-0.1, -0.05) is 35.3 Å². The highest BCUT2D eigenvalue weighted by Crippen LogP contribution is 2.55. The number of aromatic nitrogens is 1. The second-order valence-electron chi connectivity index (χ2n) is 8.29. The van der Waals surface area contributed by atoms with Gasteiger partial charge in [-0.25, -0.2) is 4.98 Å². The zero-order valence-corrected chi connectivity index (χ0v) is 16.6. The van der Waals surface area contributed by atoms with Gasteiger partial charge in [-0.3, -0.25) is 4.79 Å². The Bertz CT molecular complexity index is 843. The Kier molecular flexibility index (Phi) is 4.07. The molecule has 0 unspecified atom stereocenters. The number of nitrogens with one attached hydrogen (secondary N) is 1. The SMILES string of the molecule is O=C(NC12CC3CC(CC(C3)C1)C2)c1csc(-c2cccc(Cl)c2Cl)n1. The van der Waals surface area contributed by atoms with Crippen LogP contribution in [0.25, 0.3) is 10.6 Å². The first-order valence-corrected chi connectivity index (χ1v) is 10.9. The third kappa shape index (κ3) is 2.87. The van der Waals surface area contributed by atoms with Crippen molar-refractivity contribution in [2.24, 2.45) is 17.8 Å². The zero-order valence-electron chi connectivity index (χ0n) is 14.3. The van der Waals surface area contributed by atoms with Crippen LogP contribution in [0.4, 0.5) is 0 Å². The summed E-state index contributed by atoms with van der Waals surface area (Å²) < 4.78 is 0. The maximum Gasteiger partial charge on any atom is 0.271 e. The molecule has 0 aliphatic heterocycles. The lowest BCUT2D eigenvalue weighted by atomic mass is 9.53. The number of benzene rings is 1. The summed E-state index contributed by atoms with van der Waals surface area (Å²) in [7, 11) is 0. The van der Waals surface area contributed by atoms with E-state index in [-0.39, 0.29) is 11.4 Å². The van der Waals surface area contributed by atoms with E-state index in [2.05, 4.69) is 10.3 Å². The van der Waals surface area contributed by atoms with Crippen molar-refractivity contribution < 1.29 is 4.79 Å².